The van der Waals surface area contributed by atoms with Gasteiger partial charge in [-0.25, -0.2) is 0 Å². The van der Waals surface area contributed by atoms with Crippen LogP contribution in [0.3, 0.4) is 0 Å². The Hall–Kier alpha value is -19.0. The zero-order chi connectivity index (χ0) is 96.2. The molecule has 0 nitrogen and oxygen atoms in total. The molecule has 0 aromatic heterocycles. The normalized spacial score (nSPS) is 11.7. The Morgan fingerprint density at radius 3 is 0.685 bits per heavy atom. The summed E-state index contributed by atoms with van der Waals surface area (Å²) >= 11 is 0. The minimum atomic E-state index is 1.22. The quantitative estimate of drug-likeness (QED) is 0.0845. The van der Waals surface area contributed by atoms with Crippen LogP contribution in [0.4, 0.5) is 0 Å². The van der Waals surface area contributed by atoms with E-state index in [1.165, 1.54) is 295 Å². The summed E-state index contributed by atoms with van der Waals surface area (Å²) in [6.07, 6.45) is 0. The first-order valence-corrected chi connectivity index (χ1v) is 50.7. The molecule has 30 aromatic rings. The van der Waals surface area contributed by atoms with Crippen LogP contribution in [0.15, 0.2) is 558 Å². The lowest BCUT2D eigenvalue weighted by molar-refractivity contribution is 1.61. The van der Waals surface area contributed by atoms with Crippen LogP contribution in [0.25, 0.3) is 295 Å². The Labute approximate surface area is 846 Å². The molecule has 146 heavy (non-hydrogen) atoms. The second-order valence-corrected chi connectivity index (χ2v) is 38.9. The Kier molecular flexibility index (Phi) is 20.8. The van der Waals surface area contributed by atoms with Crippen LogP contribution >= 0.6 is 0 Å². The van der Waals surface area contributed by atoms with E-state index in [2.05, 4.69) is 558 Å². The number of hydrogen-bond donors (Lipinski definition) is 0. The molecule has 0 radical (unpaired) electrons. The van der Waals surface area contributed by atoms with Gasteiger partial charge in [-0.2, -0.15) is 0 Å². The highest BCUT2D eigenvalue weighted by Crippen LogP contribution is 2.53. The van der Waals surface area contributed by atoms with Crippen LogP contribution in [0, 0.1) is 0 Å². The van der Waals surface area contributed by atoms with Gasteiger partial charge in [-0.3, -0.25) is 0 Å². The van der Waals surface area contributed by atoms with Crippen LogP contribution in [0.5, 0.6) is 0 Å². The summed E-state index contributed by atoms with van der Waals surface area (Å²) in [5.74, 6) is 0. The van der Waals surface area contributed by atoms with E-state index in [0.29, 0.717) is 0 Å². The molecule has 0 unspecified atom stereocenters. The summed E-state index contributed by atoms with van der Waals surface area (Å²) in [6.45, 7) is 0. The molecule has 0 fully saturated rings. The minimum Gasteiger partial charge on any atom is -0.0622 e. The number of rotatable bonds is 12. The van der Waals surface area contributed by atoms with Gasteiger partial charge in [-0.15, -0.1) is 0 Å². The van der Waals surface area contributed by atoms with E-state index in [1.807, 2.05) is 0 Å². The number of benzene rings is 30. The highest BCUT2D eigenvalue weighted by Gasteiger charge is 2.26. The zero-order valence-corrected chi connectivity index (χ0v) is 80.1. The van der Waals surface area contributed by atoms with Crippen molar-refractivity contribution in [2.24, 2.45) is 0 Å². The van der Waals surface area contributed by atoms with Crippen molar-refractivity contribution in [3.05, 3.63) is 558 Å². The van der Waals surface area contributed by atoms with E-state index in [0.717, 1.165) is 0 Å². The molecule has 0 spiro atoms. The lowest BCUT2D eigenvalue weighted by Gasteiger charge is -2.20. The molecule has 0 aliphatic rings. The summed E-state index contributed by atoms with van der Waals surface area (Å²) in [7, 11) is 0. The zero-order valence-electron chi connectivity index (χ0n) is 80.1. The molecular weight excluding hydrogens is 1750 g/mol. The average Bonchev–Trinajstić information content (AvgIpc) is 0.729. The Morgan fingerprint density at radius 2 is 0.308 bits per heavy atom. The molecule has 30 aromatic carbocycles. The highest BCUT2D eigenvalue weighted by atomic mass is 14.3. The van der Waals surface area contributed by atoms with Crippen molar-refractivity contribution in [3.8, 4) is 134 Å². The molecule has 0 saturated carbocycles. The van der Waals surface area contributed by atoms with Crippen LogP contribution in [0.2, 0.25) is 0 Å². The third-order valence-electron chi connectivity index (χ3n) is 30.8. The van der Waals surface area contributed by atoms with E-state index < -0.39 is 0 Å². The van der Waals surface area contributed by atoms with Gasteiger partial charge in [0.25, 0.3) is 0 Å². The molecule has 676 valence electrons. The largest absolute Gasteiger partial charge is 0.0622 e. The fourth-order valence-electron chi connectivity index (χ4n) is 24.3. The predicted molar refractivity (Wildman–Crippen MR) is 630 cm³/mol. The monoisotopic (exact) mass is 1840 g/mol. The summed E-state index contributed by atoms with van der Waals surface area (Å²) in [5.41, 5.74) is 29.9. The van der Waals surface area contributed by atoms with Crippen molar-refractivity contribution in [1.82, 2.24) is 0 Å². The standard InChI is InChI=1S/C50H32.2C48H30/c1-2-15-33(16-3-1)34-17-14-18-36(31-34)49-44-25-10-12-27-46(44)50(47-28-13-11-26-45(47)49)43-24-9-4-19-37(43)35-29-30-42-40-22-6-5-20-38(40)39-21-7-8-23-41(39)48(42)32-35;1-2-11-31(12-3-1)34-15-9-17-36(27-34)47-41-19-4-6-21-43(41)48(44-22-7-5-20-42(44)47)37-18-10-16-35(28-37)40-29-38-25-23-32-13-8-14-33-24-26-39(30-40)46(38)45(32)33;1-2-10-31(11-3-1)37-14-9-15-38(30-37)47-42-18-6-4-16-40(42)46(41-17-5-7-19-43(41)47)35-22-20-32(21-23-35)39-28-26-36-25-24-33-12-8-13-34-27-29-44(39)48(36)45(33)34/h1-32H;2*1-30H. The molecular formula is C146H92. The van der Waals surface area contributed by atoms with E-state index in [4.69, 9.17) is 0 Å². The number of hydrogen-bond acceptors (Lipinski definition) is 0. The van der Waals surface area contributed by atoms with Gasteiger partial charge in [-0.05, 0) is 338 Å². The third-order valence-corrected chi connectivity index (χ3v) is 30.8. The van der Waals surface area contributed by atoms with E-state index in [9.17, 15) is 0 Å². The predicted octanol–water partition coefficient (Wildman–Crippen LogP) is 41.2. The fourth-order valence-corrected chi connectivity index (χ4v) is 24.3. The van der Waals surface area contributed by atoms with Crippen molar-refractivity contribution in [2.75, 3.05) is 0 Å². The first-order valence-electron chi connectivity index (χ1n) is 50.7. The Morgan fingerprint density at radius 1 is 0.0753 bits per heavy atom. The maximum absolute atomic E-state index is 2.41. The summed E-state index contributed by atoms with van der Waals surface area (Å²) in [6, 6.07) is 205. The summed E-state index contributed by atoms with van der Waals surface area (Å²) in [5, 5.41) is 38.8. The van der Waals surface area contributed by atoms with Crippen LogP contribution in [-0.2, 0) is 0 Å². The van der Waals surface area contributed by atoms with Gasteiger partial charge in [0.2, 0.25) is 0 Å². The molecule has 0 N–H and O–H groups in total. The van der Waals surface area contributed by atoms with Crippen molar-refractivity contribution >= 4 is 162 Å². The molecule has 0 bridgehead atoms. The maximum atomic E-state index is 2.41. The number of fused-ring (bicyclic) bond motifs is 12. The molecule has 0 aliphatic carbocycles. The van der Waals surface area contributed by atoms with E-state index in [1.54, 1.807) is 0 Å². The first kappa shape index (κ1) is 85.0. The fraction of sp³-hybridized carbons (Fsp3) is 0. The molecule has 30 rings (SSSR count). The van der Waals surface area contributed by atoms with Gasteiger partial charge in [-0.1, -0.05) is 516 Å². The van der Waals surface area contributed by atoms with Crippen molar-refractivity contribution in [1.29, 1.82) is 0 Å². The van der Waals surface area contributed by atoms with Gasteiger partial charge in [0.1, 0.15) is 0 Å². The topological polar surface area (TPSA) is 0 Å². The lowest BCUT2D eigenvalue weighted by Crippen LogP contribution is -1.93. The van der Waals surface area contributed by atoms with Gasteiger partial charge < -0.3 is 0 Å². The molecule has 0 aliphatic heterocycles. The molecule has 0 amide bonds. The van der Waals surface area contributed by atoms with Gasteiger partial charge >= 0.3 is 0 Å². The van der Waals surface area contributed by atoms with Crippen LogP contribution < -0.4 is 0 Å². The molecule has 0 atom stereocenters. The van der Waals surface area contributed by atoms with Crippen LogP contribution in [0.1, 0.15) is 0 Å². The lowest BCUT2D eigenvalue weighted by atomic mass is 9.83. The van der Waals surface area contributed by atoms with E-state index >= 15 is 0 Å². The minimum absolute atomic E-state index is 1.22. The van der Waals surface area contributed by atoms with Gasteiger partial charge in [0, 0.05) is 0 Å². The SMILES string of the molecule is c1ccc(-c2cccc(-c3c4ccccc4c(-c4ccc(-c5ccc6ccc7cccc8ccc5c6c78)cc4)c4ccccc34)c2)cc1.c1ccc(-c2cccc(-c3c4ccccc4c(-c4cccc(-c5cc6ccc7cccc8ccc(c5)c6c78)c4)c4ccccc34)c2)cc1.c1ccc(-c2cccc(-c3c4ccccc4c(-c4ccccc4-c4ccc5c6ccccc6c6ccccc6c5c4)c4ccccc34)c2)cc1. The smallest absolute Gasteiger partial charge is 0.00201 e. The Balaban J connectivity index is 0.000000106. The summed E-state index contributed by atoms with van der Waals surface area (Å²) in [4.78, 5) is 0. The molecule has 0 saturated heterocycles. The van der Waals surface area contributed by atoms with Crippen molar-refractivity contribution in [2.45, 2.75) is 0 Å². The van der Waals surface area contributed by atoms with E-state index in [-0.39, 0.29) is 0 Å². The van der Waals surface area contributed by atoms with Gasteiger partial charge in [0.05, 0.1) is 0 Å². The van der Waals surface area contributed by atoms with Crippen LogP contribution in [-0.4, -0.2) is 0 Å². The maximum Gasteiger partial charge on any atom is -0.00201 e. The first-order chi connectivity index (χ1) is 72.4. The second kappa shape index (κ2) is 35.7. The Bertz CT molecular complexity index is 10100. The molecule has 0 heterocycles. The summed E-state index contributed by atoms with van der Waals surface area (Å²) < 4.78 is 0. The van der Waals surface area contributed by atoms with Gasteiger partial charge in [0.15, 0.2) is 0 Å². The van der Waals surface area contributed by atoms with Crippen molar-refractivity contribution in [3.63, 3.8) is 0 Å². The average molecular weight is 1850 g/mol. The molecule has 0 heteroatoms. The second-order valence-electron chi connectivity index (χ2n) is 38.9. The van der Waals surface area contributed by atoms with Crippen molar-refractivity contribution < 1.29 is 0 Å². The third kappa shape index (κ3) is 14.5. The highest BCUT2D eigenvalue weighted by molar-refractivity contribution is 6.31.